The van der Waals surface area contributed by atoms with E-state index in [1.54, 1.807) is 0 Å². The number of amides is 1. The van der Waals surface area contributed by atoms with Crippen LogP contribution in [-0.4, -0.2) is 30.2 Å². The Kier molecular flexibility index (Phi) is 8.26. The van der Waals surface area contributed by atoms with E-state index in [9.17, 15) is 9.90 Å². The van der Waals surface area contributed by atoms with Crippen molar-refractivity contribution in [1.29, 1.82) is 0 Å². The molecule has 0 rings (SSSR count). The lowest BCUT2D eigenvalue weighted by atomic mass is 9.76. The minimum atomic E-state index is -0.466. The number of aliphatic hydroxyl groups excluding tert-OH is 1. The van der Waals surface area contributed by atoms with Gasteiger partial charge in [-0.2, -0.15) is 0 Å². The van der Waals surface area contributed by atoms with Crippen molar-refractivity contribution >= 4 is 5.91 Å². The van der Waals surface area contributed by atoms with E-state index in [-0.39, 0.29) is 17.2 Å². The van der Waals surface area contributed by atoms with Crippen molar-refractivity contribution in [2.75, 3.05) is 13.1 Å². The minimum absolute atomic E-state index is 0.0194. The fourth-order valence-corrected chi connectivity index (χ4v) is 2.06. The summed E-state index contributed by atoms with van der Waals surface area (Å²) in [6, 6.07) is 0. The average Bonchev–Trinajstić information content (AvgIpc) is 2.29. The quantitative estimate of drug-likeness (QED) is 0.632. The molecule has 4 heteroatoms. The van der Waals surface area contributed by atoms with E-state index in [1.807, 2.05) is 13.8 Å². The zero-order valence-corrected chi connectivity index (χ0v) is 13.2. The Morgan fingerprint density at radius 3 is 2.26 bits per heavy atom. The van der Waals surface area contributed by atoms with Gasteiger partial charge in [0.25, 0.3) is 0 Å². The van der Waals surface area contributed by atoms with E-state index >= 15 is 0 Å². The van der Waals surface area contributed by atoms with Gasteiger partial charge in [0, 0.05) is 13.0 Å². The van der Waals surface area contributed by atoms with E-state index < -0.39 is 6.10 Å². The lowest BCUT2D eigenvalue weighted by molar-refractivity contribution is -0.122. The number of carbonyl (C=O) groups excluding carboxylic acids is 1. The zero-order valence-electron chi connectivity index (χ0n) is 13.2. The SMILES string of the molecule is CC(C)C(O)CNC(=O)CCC(CCN)C(C)(C)C. The first kappa shape index (κ1) is 18.4. The van der Waals surface area contributed by atoms with Gasteiger partial charge in [-0.15, -0.1) is 0 Å². The molecular formula is C15H32N2O2. The Labute approximate surface area is 118 Å². The molecule has 0 radical (unpaired) electrons. The molecule has 0 aromatic carbocycles. The molecule has 0 aliphatic rings. The highest BCUT2D eigenvalue weighted by molar-refractivity contribution is 5.75. The fourth-order valence-electron chi connectivity index (χ4n) is 2.06. The van der Waals surface area contributed by atoms with Gasteiger partial charge in [0.15, 0.2) is 0 Å². The van der Waals surface area contributed by atoms with Crippen molar-refractivity contribution in [1.82, 2.24) is 5.32 Å². The van der Waals surface area contributed by atoms with E-state index in [0.29, 0.717) is 25.4 Å². The van der Waals surface area contributed by atoms with Gasteiger partial charge in [0.2, 0.25) is 5.91 Å². The van der Waals surface area contributed by atoms with Gasteiger partial charge in [-0.05, 0) is 36.6 Å². The molecule has 1 amide bonds. The predicted molar refractivity (Wildman–Crippen MR) is 79.7 cm³/mol. The number of carbonyl (C=O) groups is 1. The molecule has 0 heterocycles. The molecule has 0 bridgehead atoms. The van der Waals surface area contributed by atoms with Crippen LogP contribution in [0.3, 0.4) is 0 Å². The van der Waals surface area contributed by atoms with Crippen LogP contribution in [0.4, 0.5) is 0 Å². The monoisotopic (exact) mass is 272 g/mol. The van der Waals surface area contributed by atoms with Crippen LogP contribution in [0.15, 0.2) is 0 Å². The first-order valence-corrected chi connectivity index (χ1v) is 7.33. The first-order valence-electron chi connectivity index (χ1n) is 7.33. The van der Waals surface area contributed by atoms with Crippen molar-refractivity contribution in [2.45, 2.75) is 60.0 Å². The van der Waals surface area contributed by atoms with Gasteiger partial charge < -0.3 is 16.2 Å². The maximum atomic E-state index is 11.8. The van der Waals surface area contributed by atoms with Crippen molar-refractivity contribution in [3.8, 4) is 0 Å². The van der Waals surface area contributed by atoms with Crippen LogP contribution in [0.2, 0.25) is 0 Å². The normalized spacial score (nSPS) is 15.4. The van der Waals surface area contributed by atoms with Crippen molar-refractivity contribution < 1.29 is 9.90 Å². The van der Waals surface area contributed by atoms with Crippen LogP contribution in [0.5, 0.6) is 0 Å². The number of rotatable bonds is 8. The summed E-state index contributed by atoms with van der Waals surface area (Å²) < 4.78 is 0. The zero-order chi connectivity index (χ0) is 15.1. The summed E-state index contributed by atoms with van der Waals surface area (Å²) in [4.78, 5) is 11.8. The molecule has 4 N–H and O–H groups in total. The van der Waals surface area contributed by atoms with Crippen LogP contribution < -0.4 is 11.1 Å². The molecule has 0 aromatic heterocycles. The largest absolute Gasteiger partial charge is 0.391 e. The number of nitrogens with two attached hydrogens (primary N) is 1. The molecule has 114 valence electrons. The minimum Gasteiger partial charge on any atom is -0.391 e. The lowest BCUT2D eigenvalue weighted by Gasteiger charge is -2.30. The number of hydrogen-bond acceptors (Lipinski definition) is 3. The first-order chi connectivity index (χ1) is 8.68. The van der Waals surface area contributed by atoms with E-state index in [2.05, 4.69) is 26.1 Å². The standard InChI is InChI=1S/C15H32N2O2/c1-11(2)13(18)10-17-14(19)7-6-12(8-9-16)15(3,4)5/h11-13,18H,6-10,16H2,1-5H3,(H,17,19). The van der Waals surface area contributed by atoms with Crippen LogP contribution in [0, 0.1) is 17.3 Å². The van der Waals surface area contributed by atoms with Crippen LogP contribution in [-0.2, 0) is 4.79 Å². The van der Waals surface area contributed by atoms with E-state index in [1.165, 1.54) is 0 Å². The third kappa shape index (κ3) is 8.22. The highest BCUT2D eigenvalue weighted by Crippen LogP contribution is 2.31. The Morgan fingerprint density at radius 2 is 1.84 bits per heavy atom. The molecule has 4 nitrogen and oxygen atoms in total. The van der Waals surface area contributed by atoms with E-state index in [4.69, 9.17) is 5.73 Å². The second kappa shape index (κ2) is 8.54. The third-order valence-electron chi connectivity index (χ3n) is 3.74. The smallest absolute Gasteiger partial charge is 0.220 e. The maximum Gasteiger partial charge on any atom is 0.220 e. The summed E-state index contributed by atoms with van der Waals surface area (Å²) in [6.45, 7) is 11.4. The van der Waals surface area contributed by atoms with Crippen LogP contribution >= 0.6 is 0 Å². The summed E-state index contributed by atoms with van der Waals surface area (Å²) in [5, 5.41) is 12.4. The third-order valence-corrected chi connectivity index (χ3v) is 3.74. The van der Waals surface area contributed by atoms with Gasteiger partial charge in [-0.1, -0.05) is 34.6 Å². The Hall–Kier alpha value is -0.610. The Balaban J connectivity index is 4.06. The summed E-state index contributed by atoms with van der Waals surface area (Å²) in [5.41, 5.74) is 5.81. The number of hydrogen-bond donors (Lipinski definition) is 3. The lowest BCUT2D eigenvalue weighted by Crippen LogP contribution is -2.35. The summed E-state index contributed by atoms with van der Waals surface area (Å²) in [5.74, 6) is 0.643. The van der Waals surface area contributed by atoms with Crippen molar-refractivity contribution in [3.05, 3.63) is 0 Å². The predicted octanol–water partition coefficient (Wildman–Crippen LogP) is 1.91. The second-order valence-electron chi connectivity index (χ2n) is 6.79. The highest BCUT2D eigenvalue weighted by Gasteiger charge is 2.24. The Morgan fingerprint density at radius 1 is 1.26 bits per heavy atom. The summed E-state index contributed by atoms with van der Waals surface area (Å²) in [7, 11) is 0. The molecular weight excluding hydrogens is 240 g/mol. The molecule has 0 aliphatic heterocycles. The van der Waals surface area contributed by atoms with Crippen molar-refractivity contribution in [2.24, 2.45) is 23.0 Å². The maximum absolute atomic E-state index is 11.8. The molecule has 0 spiro atoms. The number of nitrogens with one attached hydrogen (secondary N) is 1. The highest BCUT2D eigenvalue weighted by atomic mass is 16.3. The topological polar surface area (TPSA) is 75.3 Å². The van der Waals surface area contributed by atoms with Gasteiger partial charge in [0.05, 0.1) is 6.10 Å². The summed E-state index contributed by atoms with van der Waals surface area (Å²) in [6.07, 6.45) is 1.84. The fraction of sp³-hybridized carbons (Fsp3) is 0.933. The van der Waals surface area contributed by atoms with Gasteiger partial charge in [-0.3, -0.25) is 4.79 Å². The second-order valence-corrected chi connectivity index (χ2v) is 6.79. The van der Waals surface area contributed by atoms with Crippen LogP contribution in [0.25, 0.3) is 0 Å². The molecule has 0 fully saturated rings. The molecule has 0 saturated heterocycles. The molecule has 2 atom stereocenters. The van der Waals surface area contributed by atoms with Gasteiger partial charge >= 0.3 is 0 Å². The Bertz CT molecular complexity index is 259. The van der Waals surface area contributed by atoms with Gasteiger partial charge in [0.1, 0.15) is 0 Å². The molecule has 19 heavy (non-hydrogen) atoms. The molecule has 0 aromatic rings. The molecule has 2 unspecified atom stereocenters. The molecule has 0 aliphatic carbocycles. The van der Waals surface area contributed by atoms with Gasteiger partial charge in [-0.25, -0.2) is 0 Å². The summed E-state index contributed by atoms with van der Waals surface area (Å²) >= 11 is 0. The number of aliphatic hydroxyl groups is 1. The van der Waals surface area contributed by atoms with Crippen molar-refractivity contribution in [3.63, 3.8) is 0 Å². The average molecular weight is 272 g/mol. The van der Waals surface area contributed by atoms with E-state index in [0.717, 1.165) is 12.8 Å². The molecule has 0 saturated carbocycles. The van der Waals surface area contributed by atoms with Crippen LogP contribution in [0.1, 0.15) is 53.9 Å².